The van der Waals surface area contributed by atoms with Crippen LogP contribution in [-0.2, 0) is 4.74 Å². The minimum atomic E-state index is 0.0324. The lowest BCUT2D eigenvalue weighted by molar-refractivity contribution is 0.0724. The number of ether oxygens (including phenoxy) is 1. The zero-order chi connectivity index (χ0) is 16.1. The fraction of sp³-hybridized carbons (Fsp3) is 0.647. The number of rotatable bonds is 5. The molecule has 2 saturated heterocycles. The minimum absolute atomic E-state index is 0.0324. The molecule has 2 aliphatic heterocycles. The van der Waals surface area contributed by atoms with Gasteiger partial charge in [-0.15, -0.1) is 0 Å². The Morgan fingerprint density at radius 1 is 1.35 bits per heavy atom. The third-order valence-corrected chi connectivity index (χ3v) is 4.80. The van der Waals surface area contributed by atoms with E-state index in [1.165, 1.54) is 6.42 Å². The van der Waals surface area contributed by atoms with E-state index in [-0.39, 0.29) is 5.91 Å². The lowest BCUT2D eigenvalue weighted by Gasteiger charge is -2.26. The van der Waals surface area contributed by atoms with Crippen LogP contribution < -0.4 is 5.32 Å². The number of hydrogen-bond donors (Lipinski definition) is 1. The normalized spacial score (nSPS) is 21.4. The number of carbonyl (C=O) groups is 1. The van der Waals surface area contributed by atoms with Crippen molar-refractivity contribution < 1.29 is 9.53 Å². The number of halogens is 1. The summed E-state index contributed by atoms with van der Waals surface area (Å²) >= 11 is 6.28. The number of aromatic nitrogens is 1. The molecule has 1 amide bonds. The highest BCUT2D eigenvalue weighted by molar-refractivity contribution is 6.33. The Bertz CT molecular complexity index is 541. The maximum atomic E-state index is 12.4. The lowest BCUT2D eigenvalue weighted by atomic mass is 10.1. The van der Waals surface area contributed by atoms with Crippen molar-refractivity contribution in [3.63, 3.8) is 0 Å². The van der Waals surface area contributed by atoms with Gasteiger partial charge in [0.05, 0.1) is 16.7 Å². The van der Waals surface area contributed by atoms with Crippen molar-refractivity contribution >= 4 is 23.3 Å². The molecule has 3 heterocycles. The second kappa shape index (κ2) is 7.97. The maximum Gasteiger partial charge on any atom is 0.255 e. The Morgan fingerprint density at radius 2 is 2.17 bits per heavy atom. The molecular weight excluding hydrogens is 314 g/mol. The second-order valence-corrected chi connectivity index (χ2v) is 6.66. The first kappa shape index (κ1) is 16.5. The van der Waals surface area contributed by atoms with Crippen LogP contribution in [0.15, 0.2) is 12.3 Å². The summed E-state index contributed by atoms with van der Waals surface area (Å²) in [6, 6.07) is 1.72. The van der Waals surface area contributed by atoms with E-state index >= 15 is 0 Å². The Labute approximate surface area is 142 Å². The summed E-state index contributed by atoms with van der Waals surface area (Å²) in [5, 5.41) is 3.74. The van der Waals surface area contributed by atoms with E-state index in [0.29, 0.717) is 22.5 Å². The number of hydrogen-bond acceptors (Lipinski definition) is 4. The molecule has 0 bridgehead atoms. The van der Waals surface area contributed by atoms with Crippen molar-refractivity contribution in [2.75, 3.05) is 31.6 Å². The zero-order valence-electron chi connectivity index (χ0n) is 13.4. The molecule has 23 heavy (non-hydrogen) atoms. The summed E-state index contributed by atoms with van der Waals surface area (Å²) in [7, 11) is 0. The van der Waals surface area contributed by atoms with Crippen molar-refractivity contribution in [2.45, 2.75) is 44.6 Å². The summed E-state index contributed by atoms with van der Waals surface area (Å²) in [6.45, 7) is 3.31. The standard InChI is InChI=1S/C17H24ClN3O2/c18-15-11-13(17(22)21-8-2-1-3-9-21)12-20-16(15)19-7-6-14-5-4-10-23-14/h11-12,14H,1-10H2,(H,19,20)/t14-/m0/s1. The van der Waals surface area contributed by atoms with Gasteiger partial charge in [0, 0.05) is 32.4 Å². The molecule has 5 nitrogen and oxygen atoms in total. The molecule has 2 aliphatic rings. The molecule has 0 aliphatic carbocycles. The Morgan fingerprint density at radius 3 is 2.87 bits per heavy atom. The van der Waals surface area contributed by atoms with Gasteiger partial charge < -0.3 is 15.0 Å². The molecule has 1 aromatic heterocycles. The molecule has 3 rings (SSSR count). The topological polar surface area (TPSA) is 54.5 Å². The number of anilines is 1. The van der Waals surface area contributed by atoms with Crippen molar-refractivity contribution in [3.8, 4) is 0 Å². The van der Waals surface area contributed by atoms with Gasteiger partial charge in [0.15, 0.2) is 0 Å². The van der Waals surface area contributed by atoms with E-state index in [2.05, 4.69) is 10.3 Å². The van der Waals surface area contributed by atoms with Crippen LogP contribution in [0.3, 0.4) is 0 Å². The summed E-state index contributed by atoms with van der Waals surface area (Å²) < 4.78 is 5.60. The number of amides is 1. The van der Waals surface area contributed by atoms with Gasteiger partial charge in [-0.25, -0.2) is 4.98 Å². The van der Waals surface area contributed by atoms with Crippen LogP contribution in [0.4, 0.5) is 5.82 Å². The summed E-state index contributed by atoms with van der Waals surface area (Å²) in [6.07, 6.45) is 8.57. The minimum Gasteiger partial charge on any atom is -0.378 e. The summed E-state index contributed by atoms with van der Waals surface area (Å²) in [5.74, 6) is 0.671. The number of carbonyl (C=O) groups excluding carboxylic acids is 1. The SMILES string of the molecule is O=C(c1cnc(NCC[C@@H]2CCCO2)c(Cl)c1)N1CCCCC1. The van der Waals surface area contributed by atoms with Gasteiger partial charge in [-0.1, -0.05) is 11.6 Å². The molecule has 0 radical (unpaired) electrons. The molecule has 1 atom stereocenters. The predicted octanol–water partition coefficient (Wildman–Crippen LogP) is 3.34. The molecular formula is C17H24ClN3O2. The second-order valence-electron chi connectivity index (χ2n) is 6.26. The molecule has 0 aromatic carbocycles. The molecule has 1 N–H and O–H groups in total. The first-order chi connectivity index (χ1) is 11.2. The average Bonchev–Trinajstić information content (AvgIpc) is 3.10. The summed E-state index contributed by atoms with van der Waals surface area (Å²) in [4.78, 5) is 18.7. The Balaban J connectivity index is 1.55. The van der Waals surface area contributed by atoms with Gasteiger partial charge >= 0.3 is 0 Å². The van der Waals surface area contributed by atoms with Crippen molar-refractivity contribution in [1.82, 2.24) is 9.88 Å². The molecule has 0 spiro atoms. The van der Waals surface area contributed by atoms with E-state index in [0.717, 1.165) is 58.3 Å². The smallest absolute Gasteiger partial charge is 0.255 e. The largest absolute Gasteiger partial charge is 0.378 e. The number of piperidine rings is 1. The number of nitrogens with one attached hydrogen (secondary N) is 1. The molecule has 0 unspecified atom stereocenters. The zero-order valence-corrected chi connectivity index (χ0v) is 14.1. The van der Waals surface area contributed by atoms with E-state index in [1.807, 2.05) is 4.90 Å². The van der Waals surface area contributed by atoms with Crippen LogP contribution >= 0.6 is 11.6 Å². The highest BCUT2D eigenvalue weighted by Gasteiger charge is 2.20. The van der Waals surface area contributed by atoms with Crippen LogP contribution in [0.25, 0.3) is 0 Å². The highest BCUT2D eigenvalue weighted by atomic mass is 35.5. The molecule has 0 saturated carbocycles. The lowest BCUT2D eigenvalue weighted by Crippen LogP contribution is -2.35. The van der Waals surface area contributed by atoms with E-state index in [4.69, 9.17) is 16.3 Å². The van der Waals surface area contributed by atoms with Crippen LogP contribution in [0.1, 0.15) is 48.9 Å². The maximum absolute atomic E-state index is 12.4. The molecule has 126 valence electrons. The molecule has 1 aromatic rings. The van der Waals surface area contributed by atoms with Gasteiger partial charge in [-0.2, -0.15) is 0 Å². The number of pyridine rings is 1. The van der Waals surface area contributed by atoms with Crippen molar-refractivity contribution in [2.24, 2.45) is 0 Å². The highest BCUT2D eigenvalue weighted by Crippen LogP contribution is 2.22. The molecule has 6 heteroatoms. The van der Waals surface area contributed by atoms with Crippen LogP contribution in [-0.4, -0.2) is 48.1 Å². The Hall–Kier alpha value is -1.33. The van der Waals surface area contributed by atoms with Gasteiger partial charge in [0.1, 0.15) is 5.82 Å². The first-order valence-corrected chi connectivity index (χ1v) is 8.92. The van der Waals surface area contributed by atoms with E-state index in [9.17, 15) is 4.79 Å². The summed E-state index contributed by atoms with van der Waals surface area (Å²) in [5.41, 5.74) is 0.571. The number of nitrogens with zero attached hydrogens (tertiary/aromatic N) is 2. The quantitative estimate of drug-likeness (QED) is 0.895. The van der Waals surface area contributed by atoms with Crippen LogP contribution in [0.5, 0.6) is 0 Å². The van der Waals surface area contributed by atoms with Gasteiger partial charge in [-0.05, 0) is 44.6 Å². The Kier molecular flexibility index (Phi) is 5.73. The van der Waals surface area contributed by atoms with Crippen LogP contribution in [0.2, 0.25) is 5.02 Å². The first-order valence-electron chi connectivity index (χ1n) is 8.54. The third-order valence-electron chi connectivity index (χ3n) is 4.51. The predicted molar refractivity (Wildman–Crippen MR) is 91.1 cm³/mol. The van der Waals surface area contributed by atoms with Crippen molar-refractivity contribution in [1.29, 1.82) is 0 Å². The van der Waals surface area contributed by atoms with E-state index in [1.54, 1.807) is 12.3 Å². The average molecular weight is 338 g/mol. The van der Waals surface area contributed by atoms with Gasteiger partial charge in [0.25, 0.3) is 5.91 Å². The fourth-order valence-electron chi connectivity index (χ4n) is 3.19. The van der Waals surface area contributed by atoms with Gasteiger partial charge in [-0.3, -0.25) is 4.79 Å². The van der Waals surface area contributed by atoms with Crippen molar-refractivity contribution in [3.05, 3.63) is 22.8 Å². The monoisotopic (exact) mass is 337 g/mol. The third kappa shape index (κ3) is 4.36. The van der Waals surface area contributed by atoms with Crippen LogP contribution in [0, 0.1) is 0 Å². The number of likely N-dealkylation sites (tertiary alicyclic amines) is 1. The molecule has 2 fully saturated rings. The van der Waals surface area contributed by atoms with E-state index < -0.39 is 0 Å². The van der Waals surface area contributed by atoms with Gasteiger partial charge in [0.2, 0.25) is 0 Å². The fourth-order valence-corrected chi connectivity index (χ4v) is 3.42.